The number of hydrogen-bond acceptors (Lipinski definition) is 3. The highest BCUT2D eigenvalue weighted by atomic mass is 16.1. The first-order chi connectivity index (χ1) is 10.6. The molecule has 0 bridgehead atoms. The Labute approximate surface area is 129 Å². The minimum absolute atomic E-state index is 0.128. The van der Waals surface area contributed by atoms with E-state index >= 15 is 0 Å². The van der Waals surface area contributed by atoms with Gasteiger partial charge in [0, 0.05) is 29.4 Å². The summed E-state index contributed by atoms with van der Waals surface area (Å²) >= 11 is 0. The van der Waals surface area contributed by atoms with E-state index in [1.165, 1.54) is 0 Å². The quantitative estimate of drug-likeness (QED) is 0.776. The molecule has 0 fully saturated rings. The molecule has 3 rings (SSSR count). The normalized spacial score (nSPS) is 11.5. The Balaban J connectivity index is 1.97. The van der Waals surface area contributed by atoms with Crippen molar-refractivity contribution in [3.05, 3.63) is 41.7 Å². The van der Waals surface area contributed by atoms with Crippen LogP contribution in [0, 0.1) is 6.92 Å². The maximum atomic E-state index is 12.3. The van der Waals surface area contributed by atoms with E-state index in [4.69, 9.17) is 0 Å². The lowest BCUT2D eigenvalue weighted by Crippen LogP contribution is -2.31. The van der Waals surface area contributed by atoms with E-state index in [0.717, 1.165) is 34.0 Å². The first-order valence-corrected chi connectivity index (χ1v) is 7.37. The minimum atomic E-state index is -0.128. The molecule has 2 heterocycles. The van der Waals surface area contributed by atoms with Gasteiger partial charge in [-0.3, -0.25) is 4.79 Å². The third kappa shape index (κ3) is 2.67. The number of carbonyl (C=O) groups is 1. The molecule has 5 heteroatoms. The van der Waals surface area contributed by atoms with Crippen LogP contribution in [0.3, 0.4) is 0 Å². The number of aromatic nitrogens is 2. The van der Waals surface area contributed by atoms with Crippen molar-refractivity contribution < 1.29 is 4.79 Å². The van der Waals surface area contributed by atoms with Crippen molar-refractivity contribution in [2.75, 3.05) is 27.2 Å². The summed E-state index contributed by atoms with van der Waals surface area (Å²) in [4.78, 5) is 22.1. The Hall–Kier alpha value is -2.40. The van der Waals surface area contributed by atoms with Crippen LogP contribution < -0.4 is 5.32 Å². The Morgan fingerprint density at radius 3 is 2.82 bits per heavy atom. The second-order valence-electron chi connectivity index (χ2n) is 5.75. The molecule has 1 amide bonds. The summed E-state index contributed by atoms with van der Waals surface area (Å²) < 4.78 is 0. The summed E-state index contributed by atoms with van der Waals surface area (Å²) in [6, 6.07) is 9.96. The maximum Gasteiger partial charge on any atom is 0.269 e. The van der Waals surface area contributed by atoms with Gasteiger partial charge in [-0.25, -0.2) is 4.98 Å². The molecule has 22 heavy (non-hydrogen) atoms. The van der Waals surface area contributed by atoms with Crippen molar-refractivity contribution in [1.29, 1.82) is 0 Å². The Kier molecular flexibility index (Phi) is 3.81. The number of carbonyl (C=O) groups excluding carboxylic acids is 1. The molecule has 2 aromatic heterocycles. The van der Waals surface area contributed by atoms with Crippen molar-refractivity contribution in [3.8, 4) is 0 Å². The van der Waals surface area contributed by atoms with Gasteiger partial charge in [-0.05, 0) is 33.2 Å². The van der Waals surface area contributed by atoms with E-state index in [9.17, 15) is 4.79 Å². The van der Waals surface area contributed by atoms with Gasteiger partial charge in [-0.15, -0.1) is 0 Å². The first kappa shape index (κ1) is 14.5. The average molecular weight is 296 g/mol. The highest BCUT2D eigenvalue weighted by Crippen LogP contribution is 2.27. The second-order valence-corrected chi connectivity index (χ2v) is 5.75. The van der Waals surface area contributed by atoms with Gasteiger partial charge in [0.25, 0.3) is 5.91 Å². The molecule has 0 atom stereocenters. The summed E-state index contributed by atoms with van der Waals surface area (Å²) in [5.41, 5.74) is 3.36. The van der Waals surface area contributed by atoms with Gasteiger partial charge < -0.3 is 15.2 Å². The molecule has 5 nitrogen and oxygen atoms in total. The summed E-state index contributed by atoms with van der Waals surface area (Å²) in [5.74, 6) is -0.128. The molecule has 0 spiro atoms. The highest BCUT2D eigenvalue weighted by Gasteiger charge is 2.13. The number of aryl methyl sites for hydroxylation is 1. The molecule has 0 saturated carbocycles. The zero-order chi connectivity index (χ0) is 15.7. The van der Waals surface area contributed by atoms with Crippen LogP contribution in [0.15, 0.2) is 30.3 Å². The van der Waals surface area contributed by atoms with E-state index in [0.29, 0.717) is 12.2 Å². The molecule has 0 aliphatic carbocycles. The number of hydrogen-bond donors (Lipinski definition) is 2. The highest BCUT2D eigenvalue weighted by molar-refractivity contribution is 6.10. The Morgan fingerprint density at radius 2 is 2.05 bits per heavy atom. The Morgan fingerprint density at radius 1 is 1.27 bits per heavy atom. The number of likely N-dealkylation sites (N-methyl/N-ethyl adjacent to an activating group) is 1. The fourth-order valence-electron chi connectivity index (χ4n) is 2.60. The number of H-pyrrole nitrogens is 1. The van der Waals surface area contributed by atoms with Gasteiger partial charge in [-0.1, -0.05) is 18.2 Å². The largest absolute Gasteiger partial charge is 0.353 e. The Bertz CT molecular complexity index is 835. The molecule has 0 saturated heterocycles. The van der Waals surface area contributed by atoms with Gasteiger partial charge in [0.15, 0.2) is 0 Å². The number of rotatable bonds is 4. The molecule has 114 valence electrons. The molecule has 0 aliphatic heterocycles. The summed E-state index contributed by atoms with van der Waals surface area (Å²) in [6.45, 7) is 3.34. The summed E-state index contributed by atoms with van der Waals surface area (Å²) in [6.07, 6.45) is 0. The van der Waals surface area contributed by atoms with Gasteiger partial charge in [0.2, 0.25) is 0 Å². The van der Waals surface area contributed by atoms with Crippen molar-refractivity contribution in [2.45, 2.75) is 6.92 Å². The number of pyridine rings is 1. The van der Waals surface area contributed by atoms with Crippen LogP contribution in [0.4, 0.5) is 0 Å². The predicted molar refractivity (Wildman–Crippen MR) is 89.2 cm³/mol. The molecular formula is C17H20N4O. The fraction of sp³-hybridized carbons (Fsp3) is 0.294. The third-order valence-electron chi connectivity index (χ3n) is 3.75. The summed E-state index contributed by atoms with van der Waals surface area (Å²) in [7, 11) is 3.96. The van der Waals surface area contributed by atoms with E-state index < -0.39 is 0 Å². The average Bonchev–Trinajstić information content (AvgIpc) is 2.86. The minimum Gasteiger partial charge on any atom is -0.353 e. The topological polar surface area (TPSA) is 61.0 Å². The van der Waals surface area contributed by atoms with Crippen LogP contribution in [0.25, 0.3) is 21.8 Å². The lowest BCUT2D eigenvalue weighted by molar-refractivity contribution is 0.0946. The SMILES string of the molecule is Cc1nc(C(=O)NCCN(C)C)cc2c1[nH]c1ccccc12. The van der Waals surface area contributed by atoms with E-state index in [1.807, 2.05) is 50.2 Å². The molecule has 0 radical (unpaired) electrons. The van der Waals surface area contributed by atoms with Crippen LogP contribution >= 0.6 is 0 Å². The molecule has 3 aromatic rings. The standard InChI is InChI=1S/C17H20N4O/c1-11-16-13(12-6-4-5-7-14(12)20-16)10-15(19-11)17(22)18-8-9-21(2)3/h4-7,10,20H,8-9H2,1-3H3,(H,18,22). The smallest absolute Gasteiger partial charge is 0.269 e. The van der Waals surface area contributed by atoms with Crippen LogP contribution in [-0.2, 0) is 0 Å². The van der Waals surface area contributed by atoms with Crippen LogP contribution in [-0.4, -0.2) is 48.0 Å². The molecule has 0 unspecified atom stereocenters. The third-order valence-corrected chi connectivity index (χ3v) is 3.75. The van der Waals surface area contributed by atoms with Gasteiger partial charge >= 0.3 is 0 Å². The van der Waals surface area contributed by atoms with Gasteiger partial charge in [0.1, 0.15) is 5.69 Å². The molecule has 1 aromatic carbocycles. The van der Waals surface area contributed by atoms with Crippen molar-refractivity contribution in [2.24, 2.45) is 0 Å². The first-order valence-electron chi connectivity index (χ1n) is 7.37. The number of aromatic amines is 1. The van der Waals surface area contributed by atoms with Crippen LogP contribution in [0.1, 0.15) is 16.2 Å². The number of nitrogens with zero attached hydrogens (tertiary/aromatic N) is 2. The fourth-order valence-corrected chi connectivity index (χ4v) is 2.60. The maximum absolute atomic E-state index is 12.3. The lowest BCUT2D eigenvalue weighted by Gasteiger charge is -2.10. The zero-order valence-electron chi connectivity index (χ0n) is 13.1. The lowest BCUT2D eigenvalue weighted by atomic mass is 10.1. The number of amides is 1. The molecular weight excluding hydrogens is 276 g/mol. The van der Waals surface area contributed by atoms with Crippen molar-refractivity contribution in [1.82, 2.24) is 20.2 Å². The summed E-state index contributed by atoms with van der Waals surface area (Å²) in [5, 5.41) is 5.07. The van der Waals surface area contributed by atoms with Crippen molar-refractivity contribution in [3.63, 3.8) is 0 Å². The van der Waals surface area contributed by atoms with Crippen molar-refractivity contribution >= 4 is 27.7 Å². The zero-order valence-corrected chi connectivity index (χ0v) is 13.1. The van der Waals surface area contributed by atoms with E-state index in [-0.39, 0.29) is 5.91 Å². The molecule has 2 N–H and O–H groups in total. The van der Waals surface area contributed by atoms with Gasteiger partial charge in [0.05, 0.1) is 11.2 Å². The monoisotopic (exact) mass is 296 g/mol. The number of para-hydroxylation sites is 1. The van der Waals surface area contributed by atoms with Gasteiger partial charge in [-0.2, -0.15) is 0 Å². The number of fused-ring (bicyclic) bond motifs is 3. The second kappa shape index (κ2) is 5.77. The van der Waals surface area contributed by atoms with Crippen LogP contribution in [0.5, 0.6) is 0 Å². The molecule has 0 aliphatic rings. The van der Waals surface area contributed by atoms with E-state index in [2.05, 4.69) is 21.4 Å². The number of benzene rings is 1. The predicted octanol–water partition coefficient (Wildman–Crippen LogP) is 2.32. The van der Waals surface area contributed by atoms with E-state index in [1.54, 1.807) is 0 Å². The van der Waals surface area contributed by atoms with Crippen LogP contribution in [0.2, 0.25) is 0 Å². The number of nitrogens with one attached hydrogen (secondary N) is 2.